The van der Waals surface area contributed by atoms with E-state index in [4.69, 9.17) is 5.73 Å². The van der Waals surface area contributed by atoms with E-state index in [1.54, 1.807) is 6.07 Å². The summed E-state index contributed by atoms with van der Waals surface area (Å²) in [4.78, 5) is 13.7. The van der Waals surface area contributed by atoms with Crippen LogP contribution in [0, 0.1) is 11.7 Å². The number of hydrogen-bond donors (Lipinski definition) is 2. The van der Waals surface area contributed by atoms with Gasteiger partial charge in [-0.3, -0.25) is 0 Å². The van der Waals surface area contributed by atoms with Crippen LogP contribution in [-0.2, 0) is 0 Å². The Morgan fingerprint density at radius 1 is 1.24 bits per heavy atom. The molecular formula is C16H21FN2O2. The number of halogens is 1. The lowest BCUT2D eigenvalue weighted by molar-refractivity contribution is 0.0697. The standard InChI is InChI=1S/C16H21FN2O2/c17-11-7-8-13(14(15(11)18)16(20)21)19-9-3-5-10-4-1-2-6-12(10)19/h7-8,10,12H,1-6,9,18H2,(H,20,21)/t10-,12-/m1/s1. The lowest BCUT2D eigenvalue weighted by atomic mass is 9.78. The van der Waals surface area contributed by atoms with Gasteiger partial charge in [0, 0.05) is 12.6 Å². The fraction of sp³-hybridized carbons (Fsp3) is 0.562. The molecule has 114 valence electrons. The van der Waals surface area contributed by atoms with E-state index in [2.05, 4.69) is 4.90 Å². The van der Waals surface area contributed by atoms with E-state index in [9.17, 15) is 14.3 Å². The molecule has 1 aliphatic heterocycles. The number of hydrogen-bond acceptors (Lipinski definition) is 3. The number of carboxylic acids is 1. The Bertz CT molecular complexity index is 559. The molecule has 0 bridgehead atoms. The Kier molecular flexibility index (Phi) is 3.74. The number of aromatic carboxylic acids is 1. The first-order valence-corrected chi connectivity index (χ1v) is 7.67. The molecule has 1 aromatic rings. The van der Waals surface area contributed by atoms with Crippen LogP contribution < -0.4 is 10.6 Å². The molecule has 2 atom stereocenters. The molecule has 0 amide bonds. The molecule has 5 heteroatoms. The number of nitrogen functional groups attached to an aromatic ring is 1. The summed E-state index contributed by atoms with van der Waals surface area (Å²) in [5.41, 5.74) is 5.92. The quantitative estimate of drug-likeness (QED) is 0.821. The minimum absolute atomic E-state index is 0.0822. The number of carbonyl (C=O) groups is 1. The lowest BCUT2D eigenvalue weighted by Crippen LogP contribution is -2.47. The van der Waals surface area contributed by atoms with Gasteiger partial charge in [0.1, 0.15) is 11.4 Å². The Labute approximate surface area is 123 Å². The van der Waals surface area contributed by atoms with Gasteiger partial charge in [-0.2, -0.15) is 0 Å². The summed E-state index contributed by atoms with van der Waals surface area (Å²) in [6, 6.07) is 3.23. The second-order valence-electron chi connectivity index (χ2n) is 6.11. The van der Waals surface area contributed by atoms with Crippen LogP contribution in [-0.4, -0.2) is 23.7 Å². The monoisotopic (exact) mass is 292 g/mol. The van der Waals surface area contributed by atoms with E-state index < -0.39 is 11.8 Å². The molecule has 21 heavy (non-hydrogen) atoms. The van der Waals surface area contributed by atoms with E-state index >= 15 is 0 Å². The highest BCUT2D eigenvalue weighted by Crippen LogP contribution is 2.40. The van der Waals surface area contributed by atoms with Crippen LogP contribution in [0.4, 0.5) is 15.8 Å². The summed E-state index contributed by atoms with van der Waals surface area (Å²) in [5, 5.41) is 9.42. The molecule has 1 saturated heterocycles. The zero-order valence-electron chi connectivity index (χ0n) is 12.0. The Hall–Kier alpha value is -1.78. The van der Waals surface area contributed by atoms with E-state index in [1.165, 1.54) is 31.7 Å². The van der Waals surface area contributed by atoms with E-state index in [1.807, 2.05) is 0 Å². The van der Waals surface area contributed by atoms with E-state index in [-0.39, 0.29) is 11.3 Å². The molecule has 1 aliphatic carbocycles. The Balaban J connectivity index is 2.02. The third kappa shape index (κ3) is 2.45. The summed E-state index contributed by atoms with van der Waals surface area (Å²) in [7, 11) is 0. The van der Waals surface area contributed by atoms with Gasteiger partial charge in [0.2, 0.25) is 0 Å². The van der Waals surface area contributed by atoms with E-state index in [0.717, 1.165) is 19.4 Å². The van der Waals surface area contributed by atoms with Crippen molar-refractivity contribution in [2.45, 2.75) is 44.6 Å². The Morgan fingerprint density at radius 2 is 1.95 bits per heavy atom. The summed E-state index contributed by atoms with van der Waals surface area (Å²) < 4.78 is 13.6. The topological polar surface area (TPSA) is 66.6 Å². The first kappa shape index (κ1) is 14.2. The van der Waals surface area contributed by atoms with Crippen molar-refractivity contribution in [1.82, 2.24) is 0 Å². The number of rotatable bonds is 2. The maximum atomic E-state index is 13.6. The number of carboxylic acid groups (broad SMARTS) is 1. The second kappa shape index (κ2) is 5.54. The summed E-state index contributed by atoms with van der Waals surface area (Å²) >= 11 is 0. The highest BCUT2D eigenvalue weighted by atomic mass is 19.1. The van der Waals surface area contributed by atoms with Crippen LogP contribution in [0.3, 0.4) is 0 Å². The number of fused-ring (bicyclic) bond motifs is 1. The number of benzene rings is 1. The van der Waals surface area contributed by atoms with Crippen molar-refractivity contribution in [1.29, 1.82) is 0 Å². The van der Waals surface area contributed by atoms with Crippen molar-refractivity contribution in [3.8, 4) is 0 Å². The van der Waals surface area contributed by atoms with Crippen molar-refractivity contribution < 1.29 is 14.3 Å². The van der Waals surface area contributed by atoms with Gasteiger partial charge in [0.15, 0.2) is 0 Å². The second-order valence-corrected chi connectivity index (χ2v) is 6.11. The van der Waals surface area contributed by atoms with Gasteiger partial charge in [-0.05, 0) is 43.7 Å². The van der Waals surface area contributed by atoms with Crippen molar-refractivity contribution in [3.63, 3.8) is 0 Å². The normalized spacial score (nSPS) is 25.5. The van der Waals surface area contributed by atoms with Crippen LogP contribution in [0.15, 0.2) is 12.1 Å². The van der Waals surface area contributed by atoms with Crippen LogP contribution in [0.25, 0.3) is 0 Å². The third-order valence-corrected chi connectivity index (χ3v) is 4.94. The molecule has 1 aromatic carbocycles. The SMILES string of the molecule is Nc1c(F)ccc(N2CCC[C@H]3CCCC[C@H]32)c1C(=O)O. The molecule has 0 unspecified atom stereocenters. The molecule has 3 rings (SSSR count). The number of anilines is 2. The predicted molar refractivity (Wildman–Crippen MR) is 80.1 cm³/mol. The van der Waals surface area contributed by atoms with E-state index in [0.29, 0.717) is 17.6 Å². The first-order valence-electron chi connectivity index (χ1n) is 7.67. The van der Waals surface area contributed by atoms with Crippen LogP contribution in [0.5, 0.6) is 0 Å². The molecule has 0 aromatic heterocycles. The van der Waals surface area contributed by atoms with Gasteiger partial charge < -0.3 is 15.7 Å². The summed E-state index contributed by atoms with van der Waals surface area (Å²) in [6.07, 6.45) is 6.99. The maximum absolute atomic E-state index is 13.6. The molecule has 1 heterocycles. The van der Waals surface area contributed by atoms with Gasteiger partial charge in [-0.1, -0.05) is 12.8 Å². The summed E-state index contributed by atoms with van der Waals surface area (Å²) in [5.74, 6) is -1.19. The largest absolute Gasteiger partial charge is 0.478 e. The maximum Gasteiger partial charge on any atom is 0.340 e. The molecule has 2 aliphatic rings. The fourth-order valence-corrected chi connectivity index (χ4v) is 3.97. The first-order chi connectivity index (χ1) is 10.1. The Morgan fingerprint density at radius 3 is 2.71 bits per heavy atom. The van der Waals surface area contributed by atoms with Crippen LogP contribution in [0.1, 0.15) is 48.9 Å². The zero-order valence-corrected chi connectivity index (χ0v) is 12.0. The number of piperidine rings is 1. The predicted octanol–water partition coefficient (Wildman–Crippen LogP) is 3.27. The lowest BCUT2D eigenvalue weighted by Gasteiger charge is -2.46. The zero-order chi connectivity index (χ0) is 15.0. The number of nitrogens with two attached hydrogens (primary N) is 1. The van der Waals surface area contributed by atoms with Crippen LogP contribution in [0.2, 0.25) is 0 Å². The third-order valence-electron chi connectivity index (χ3n) is 4.94. The van der Waals surface area contributed by atoms with Gasteiger partial charge in [-0.15, -0.1) is 0 Å². The summed E-state index contributed by atoms with van der Waals surface area (Å²) in [6.45, 7) is 0.826. The van der Waals surface area contributed by atoms with Crippen LogP contribution >= 0.6 is 0 Å². The molecule has 0 spiro atoms. The van der Waals surface area contributed by atoms with Gasteiger partial charge in [-0.25, -0.2) is 9.18 Å². The molecule has 3 N–H and O–H groups in total. The minimum Gasteiger partial charge on any atom is -0.478 e. The molecule has 2 fully saturated rings. The number of nitrogens with zero attached hydrogens (tertiary/aromatic N) is 1. The minimum atomic E-state index is -1.15. The highest BCUT2D eigenvalue weighted by Gasteiger charge is 2.35. The smallest absolute Gasteiger partial charge is 0.340 e. The molecular weight excluding hydrogens is 271 g/mol. The highest BCUT2D eigenvalue weighted by molar-refractivity contribution is 6.00. The average molecular weight is 292 g/mol. The van der Waals surface area contributed by atoms with Gasteiger partial charge in [0.25, 0.3) is 0 Å². The van der Waals surface area contributed by atoms with Gasteiger partial charge in [0.05, 0.1) is 11.4 Å². The molecule has 4 nitrogen and oxygen atoms in total. The van der Waals surface area contributed by atoms with Crippen molar-refractivity contribution in [2.75, 3.05) is 17.2 Å². The molecule has 1 saturated carbocycles. The van der Waals surface area contributed by atoms with Crippen molar-refractivity contribution >= 4 is 17.3 Å². The van der Waals surface area contributed by atoms with Gasteiger partial charge >= 0.3 is 5.97 Å². The van der Waals surface area contributed by atoms with Crippen molar-refractivity contribution in [2.24, 2.45) is 5.92 Å². The van der Waals surface area contributed by atoms with Crippen molar-refractivity contribution in [3.05, 3.63) is 23.5 Å². The average Bonchev–Trinajstić information content (AvgIpc) is 2.49. The molecule has 0 radical (unpaired) electrons. The fourth-order valence-electron chi connectivity index (χ4n) is 3.97.